The Kier molecular flexibility index (Phi) is 2.35. The fraction of sp³-hybridized carbons (Fsp3) is 0. The Labute approximate surface area is 45.6 Å². The second-order valence-corrected chi connectivity index (χ2v) is 0.964. The molecule has 0 aliphatic heterocycles. The van der Waals surface area contributed by atoms with E-state index >= 15 is 0 Å². The third kappa shape index (κ3) is 1.98. The van der Waals surface area contributed by atoms with Crippen LogP contribution in [0.3, 0.4) is 0 Å². The first kappa shape index (κ1) is 6.70. The molecule has 0 aliphatic carbocycles. The van der Waals surface area contributed by atoms with Crippen molar-refractivity contribution in [2.24, 2.45) is 0 Å². The molecule has 1 N–H and O–H groups in total. The van der Waals surface area contributed by atoms with Gasteiger partial charge < -0.3 is 5.11 Å². The van der Waals surface area contributed by atoms with Gasteiger partial charge in [0, 0.05) is 6.08 Å². The molecule has 0 atom stereocenters. The molecule has 0 radical (unpaired) electrons. The van der Waals surface area contributed by atoms with Gasteiger partial charge in [0.05, 0.1) is 0 Å². The zero-order valence-corrected chi connectivity index (χ0v) is 3.89. The van der Waals surface area contributed by atoms with Gasteiger partial charge in [-0.25, -0.2) is 4.79 Å². The molecule has 0 aromatic rings. The molecule has 0 fully saturated rings. The summed E-state index contributed by atoms with van der Waals surface area (Å²) in [5.74, 6) is -1.22. The molecule has 0 saturated carbocycles. The average Bonchev–Trinajstić information content (AvgIpc) is 1.67. The van der Waals surface area contributed by atoms with Gasteiger partial charge in [0.15, 0.2) is 0 Å². The van der Waals surface area contributed by atoms with Gasteiger partial charge in [0.1, 0.15) is 0 Å². The fourth-order valence-corrected chi connectivity index (χ4v) is 0.135. The Balaban J connectivity index is 4.06. The largest absolute Gasteiger partial charge is 0.476 e. The maximum Gasteiger partial charge on any atom is 0.365 e. The van der Waals surface area contributed by atoms with Crippen LogP contribution >= 0.6 is 0 Å². The molecule has 0 bridgehead atoms. The summed E-state index contributed by atoms with van der Waals surface area (Å²) in [6.07, 6.45) is 5.08. The topological polar surface area (TPSA) is 37.3 Å². The van der Waals surface area contributed by atoms with E-state index in [-0.39, 0.29) is 0 Å². The molecule has 0 amide bonds. The van der Waals surface area contributed by atoms with Gasteiger partial charge in [-0.2, -0.15) is 4.39 Å². The smallest absolute Gasteiger partial charge is 0.365 e. The minimum Gasteiger partial charge on any atom is -0.476 e. The van der Waals surface area contributed by atoms with E-state index < -0.39 is 11.8 Å². The highest BCUT2D eigenvalue weighted by Gasteiger charge is 2.01. The zero-order valence-electron chi connectivity index (χ0n) is 3.89. The third-order valence-electron chi connectivity index (χ3n) is 0.414. The summed E-state index contributed by atoms with van der Waals surface area (Å²) in [6.45, 7) is 0. The van der Waals surface area contributed by atoms with Crippen LogP contribution in [0.4, 0.5) is 4.39 Å². The van der Waals surface area contributed by atoms with Gasteiger partial charge in [-0.15, -0.1) is 6.42 Å². The van der Waals surface area contributed by atoms with Crippen molar-refractivity contribution in [3.05, 3.63) is 11.9 Å². The molecule has 8 heavy (non-hydrogen) atoms. The molecule has 42 valence electrons. The highest BCUT2D eigenvalue weighted by atomic mass is 19.1. The predicted octanol–water partition coefficient (Wildman–Crippen LogP) is 0.558. The highest BCUT2D eigenvalue weighted by molar-refractivity contribution is 5.84. The van der Waals surface area contributed by atoms with Crippen LogP contribution in [-0.2, 0) is 4.79 Å². The van der Waals surface area contributed by atoms with Crippen LogP contribution in [0.25, 0.3) is 0 Å². The number of allylic oxidation sites excluding steroid dienone is 1. The molecule has 0 unspecified atom stereocenters. The van der Waals surface area contributed by atoms with E-state index in [1.54, 1.807) is 5.92 Å². The second kappa shape index (κ2) is 2.80. The number of carboxylic acids is 1. The number of aliphatic carboxylic acids is 1. The van der Waals surface area contributed by atoms with Crippen LogP contribution in [0.15, 0.2) is 11.9 Å². The summed E-state index contributed by atoms with van der Waals surface area (Å²) in [7, 11) is 0. The number of terminal acetylenes is 1. The normalized spacial score (nSPS) is 10.2. The molecule has 0 heterocycles. The number of hydrogen-bond donors (Lipinski definition) is 1. The summed E-state index contributed by atoms with van der Waals surface area (Å²) < 4.78 is 11.6. The Morgan fingerprint density at radius 1 is 1.88 bits per heavy atom. The molecule has 0 aromatic heterocycles. The molecule has 2 nitrogen and oxygen atoms in total. The van der Waals surface area contributed by atoms with Crippen molar-refractivity contribution < 1.29 is 14.3 Å². The SMILES string of the molecule is C#C/C=C(\F)C(=O)O. The average molecular weight is 114 g/mol. The second-order valence-electron chi connectivity index (χ2n) is 0.964. The summed E-state index contributed by atoms with van der Waals surface area (Å²) >= 11 is 0. The number of carboxylic acid groups (broad SMARTS) is 1. The monoisotopic (exact) mass is 114 g/mol. The maximum absolute atomic E-state index is 11.6. The van der Waals surface area contributed by atoms with Gasteiger partial charge >= 0.3 is 5.97 Å². The van der Waals surface area contributed by atoms with Crippen molar-refractivity contribution in [2.45, 2.75) is 0 Å². The number of rotatable bonds is 1. The van der Waals surface area contributed by atoms with Crippen molar-refractivity contribution in [1.82, 2.24) is 0 Å². The van der Waals surface area contributed by atoms with Crippen LogP contribution in [-0.4, -0.2) is 11.1 Å². The molecule has 0 spiro atoms. The summed E-state index contributed by atoms with van der Waals surface area (Å²) in [4.78, 5) is 9.55. The fourth-order valence-electron chi connectivity index (χ4n) is 0.135. The van der Waals surface area contributed by atoms with Crippen LogP contribution in [0.1, 0.15) is 0 Å². The lowest BCUT2D eigenvalue weighted by Crippen LogP contribution is -1.93. The van der Waals surface area contributed by atoms with E-state index in [1.807, 2.05) is 0 Å². The van der Waals surface area contributed by atoms with Crippen LogP contribution in [0.5, 0.6) is 0 Å². The Morgan fingerprint density at radius 2 is 2.38 bits per heavy atom. The van der Waals surface area contributed by atoms with Gasteiger partial charge in [0.2, 0.25) is 5.83 Å². The van der Waals surface area contributed by atoms with Crippen LogP contribution in [0, 0.1) is 12.3 Å². The van der Waals surface area contributed by atoms with E-state index in [1.165, 1.54) is 0 Å². The summed E-state index contributed by atoms with van der Waals surface area (Å²) in [6, 6.07) is 0. The molecular weight excluding hydrogens is 111 g/mol. The Hall–Kier alpha value is -1.30. The van der Waals surface area contributed by atoms with E-state index in [4.69, 9.17) is 5.11 Å². The lowest BCUT2D eigenvalue weighted by atomic mass is 10.5. The van der Waals surface area contributed by atoms with Crippen LogP contribution in [0.2, 0.25) is 0 Å². The van der Waals surface area contributed by atoms with E-state index in [0.29, 0.717) is 6.08 Å². The minimum absolute atomic E-state index is 0.544. The molecule has 0 saturated heterocycles. The van der Waals surface area contributed by atoms with Gasteiger partial charge in [-0.3, -0.25) is 0 Å². The number of hydrogen-bond acceptors (Lipinski definition) is 1. The highest BCUT2D eigenvalue weighted by Crippen LogP contribution is 1.92. The molecule has 0 aromatic carbocycles. The quantitative estimate of drug-likeness (QED) is 0.399. The summed E-state index contributed by atoms with van der Waals surface area (Å²) in [5, 5.41) is 7.77. The maximum atomic E-state index is 11.6. The van der Waals surface area contributed by atoms with Crippen molar-refractivity contribution in [1.29, 1.82) is 0 Å². The summed E-state index contributed by atoms with van der Waals surface area (Å²) in [5.41, 5.74) is 0. The minimum atomic E-state index is -1.64. The van der Waals surface area contributed by atoms with E-state index in [0.717, 1.165) is 0 Å². The Morgan fingerprint density at radius 3 is 2.50 bits per heavy atom. The molecule has 0 rings (SSSR count). The zero-order chi connectivity index (χ0) is 6.57. The third-order valence-corrected chi connectivity index (χ3v) is 0.414. The van der Waals surface area contributed by atoms with Gasteiger partial charge in [0.25, 0.3) is 0 Å². The first-order valence-electron chi connectivity index (χ1n) is 1.73. The van der Waals surface area contributed by atoms with Crippen molar-refractivity contribution in [3.63, 3.8) is 0 Å². The van der Waals surface area contributed by atoms with Gasteiger partial charge in [-0.05, 0) is 0 Å². The Bertz CT molecular complexity index is 164. The predicted molar refractivity (Wildman–Crippen MR) is 25.7 cm³/mol. The van der Waals surface area contributed by atoms with Gasteiger partial charge in [-0.1, -0.05) is 5.92 Å². The first-order valence-corrected chi connectivity index (χ1v) is 1.73. The molecular formula is C5H3FO2. The van der Waals surface area contributed by atoms with E-state index in [9.17, 15) is 9.18 Å². The lowest BCUT2D eigenvalue weighted by molar-refractivity contribution is -0.134. The van der Waals surface area contributed by atoms with Crippen LogP contribution < -0.4 is 0 Å². The first-order chi connectivity index (χ1) is 3.68. The number of carbonyl (C=O) groups is 1. The van der Waals surface area contributed by atoms with Crippen molar-refractivity contribution in [2.75, 3.05) is 0 Å². The molecule has 3 heteroatoms. The molecule has 0 aliphatic rings. The van der Waals surface area contributed by atoms with Crippen molar-refractivity contribution >= 4 is 5.97 Å². The van der Waals surface area contributed by atoms with E-state index in [2.05, 4.69) is 6.42 Å². The number of halogens is 1. The van der Waals surface area contributed by atoms with Crippen molar-refractivity contribution in [3.8, 4) is 12.3 Å². The standard InChI is InChI=1S/C5H3FO2/c1-2-3-4(6)5(7)8/h1,3H,(H,7,8)/b4-3-. The lowest BCUT2D eigenvalue weighted by Gasteiger charge is -1.79.